The van der Waals surface area contributed by atoms with Crippen molar-refractivity contribution in [2.45, 2.75) is 39.2 Å². The number of nitrogens with one attached hydrogen (secondary N) is 1. The zero-order valence-corrected chi connectivity index (χ0v) is 11.1. The molecule has 2 rings (SSSR count). The van der Waals surface area contributed by atoms with E-state index in [1.165, 1.54) is 12.5 Å². The molecular formula is C14H19ClFN. The van der Waals surface area contributed by atoms with E-state index in [-0.39, 0.29) is 10.8 Å². The molecule has 1 saturated carbocycles. The lowest BCUT2D eigenvalue weighted by molar-refractivity contribution is 0.281. The van der Waals surface area contributed by atoms with Crippen LogP contribution in [0.4, 0.5) is 10.1 Å². The summed E-state index contributed by atoms with van der Waals surface area (Å²) in [6.07, 6.45) is 3.62. The number of hydrogen-bond acceptors (Lipinski definition) is 1. The van der Waals surface area contributed by atoms with E-state index in [2.05, 4.69) is 19.2 Å². The highest BCUT2D eigenvalue weighted by Gasteiger charge is 2.23. The zero-order chi connectivity index (χ0) is 12.4. The van der Waals surface area contributed by atoms with Gasteiger partial charge in [-0.15, -0.1) is 0 Å². The van der Waals surface area contributed by atoms with Gasteiger partial charge in [-0.05, 0) is 49.3 Å². The predicted molar refractivity (Wildman–Crippen MR) is 71.0 cm³/mol. The molecule has 0 bridgehead atoms. The predicted octanol–water partition coefficient (Wildman–Crippen LogP) is 4.72. The standard InChI is InChI=1S/C14H19ClFN/c1-9-5-10(2)7-12(6-9)17-11-3-4-13(15)14(16)8-11/h3-4,8-10,12,17H,5-7H2,1-2H3. The van der Waals surface area contributed by atoms with Crippen LogP contribution >= 0.6 is 11.6 Å². The molecule has 1 nitrogen and oxygen atoms in total. The van der Waals surface area contributed by atoms with Gasteiger partial charge in [0, 0.05) is 11.7 Å². The monoisotopic (exact) mass is 255 g/mol. The second kappa shape index (κ2) is 5.26. The third-order valence-electron chi connectivity index (χ3n) is 3.47. The number of anilines is 1. The summed E-state index contributed by atoms with van der Waals surface area (Å²) in [6, 6.07) is 5.38. The summed E-state index contributed by atoms with van der Waals surface area (Å²) in [5, 5.41) is 3.59. The highest BCUT2D eigenvalue weighted by Crippen LogP contribution is 2.31. The first-order valence-corrected chi connectivity index (χ1v) is 6.64. The van der Waals surface area contributed by atoms with Crippen LogP contribution < -0.4 is 5.32 Å². The first-order chi connectivity index (χ1) is 8.04. The Labute approximate surface area is 107 Å². The quantitative estimate of drug-likeness (QED) is 0.807. The Bertz CT molecular complexity index is 384. The number of halogens is 2. The molecule has 0 heterocycles. The lowest BCUT2D eigenvalue weighted by Crippen LogP contribution is -2.30. The van der Waals surface area contributed by atoms with Gasteiger partial charge < -0.3 is 5.32 Å². The van der Waals surface area contributed by atoms with Gasteiger partial charge in [-0.2, -0.15) is 0 Å². The number of benzene rings is 1. The van der Waals surface area contributed by atoms with Gasteiger partial charge in [0.2, 0.25) is 0 Å². The Morgan fingerprint density at radius 2 is 1.82 bits per heavy atom. The molecule has 1 aromatic rings. The summed E-state index contributed by atoms with van der Waals surface area (Å²) < 4.78 is 13.3. The maximum absolute atomic E-state index is 13.3. The van der Waals surface area contributed by atoms with Crippen LogP contribution in [0, 0.1) is 17.7 Å². The van der Waals surface area contributed by atoms with Gasteiger partial charge in [0.05, 0.1) is 5.02 Å². The van der Waals surface area contributed by atoms with Crippen LogP contribution in [-0.4, -0.2) is 6.04 Å². The van der Waals surface area contributed by atoms with Crippen LogP contribution in [0.25, 0.3) is 0 Å². The fourth-order valence-electron chi connectivity index (χ4n) is 2.89. The Kier molecular flexibility index (Phi) is 3.93. The molecule has 1 aliphatic carbocycles. The lowest BCUT2D eigenvalue weighted by atomic mass is 9.80. The molecule has 2 unspecified atom stereocenters. The molecule has 0 aromatic heterocycles. The first-order valence-electron chi connectivity index (χ1n) is 6.26. The minimum atomic E-state index is -0.353. The van der Waals surface area contributed by atoms with Crippen molar-refractivity contribution < 1.29 is 4.39 Å². The van der Waals surface area contributed by atoms with Crippen LogP contribution in [-0.2, 0) is 0 Å². The van der Waals surface area contributed by atoms with E-state index in [9.17, 15) is 4.39 Å². The van der Waals surface area contributed by atoms with Gasteiger partial charge in [0.1, 0.15) is 5.82 Å². The summed E-state index contributed by atoms with van der Waals surface area (Å²) in [6.45, 7) is 4.57. The van der Waals surface area contributed by atoms with Crippen molar-refractivity contribution in [1.29, 1.82) is 0 Å². The normalized spacial score (nSPS) is 29.1. The number of rotatable bonds is 2. The molecule has 0 amide bonds. The van der Waals surface area contributed by atoms with Crippen LogP contribution in [0.5, 0.6) is 0 Å². The van der Waals surface area contributed by atoms with E-state index >= 15 is 0 Å². The van der Waals surface area contributed by atoms with Crippen molar-refractivity contribution in [3.05, 3.63) is 29.0 Å². The van der Waals surface area contributed by atoms with E-state index < -0.39 is 0 Å². The summed E-state index contributed by atoms with van der Waals surface area (Å²) in [7, 11) is 0. The Morgan fingerprint density at radius 1 is 1.18 bits per heavy atom. The van der Waals surface area contributed by atoms with Crippen LogP contribution in [0.1, 0.15) is 33.1 Å². The van der Waals surface area contributed by atoms with Gasteiger partial charge in [-0.3, -0.25) is 0 Å². The van der Waals surface area contributed by atoms with Crippen LogP contribution in [0.2, 0.25) is 5.02 Å². The molecular weight excluding hydrogens is 237 g/mol. The van der Waals surface area contributed by atoms with Crippen molar-refractivity contribution in [2.75, 3.05) is 5.32 Å². The summed E-state index contributed by atoms with van der Waals surface area (Å²) in [5.41, 5.74) is 0.832. The average molecular weight is 256 g/mol. The third-order valence-corrected chi connectivity index (χ3v) is 3.78. The van der Waals surface area contributed by atoms with E-state index in [0.29, 0.717) is 6.04 Å². The Balaban J connectivity index is 2.02. The molecule has 2 atom stereocenters. The van der Waals surface area contributed by atoms with Crippen LogP contribution in [0.3, 0.4) is 0 Å². The molecule has 1 aromatic carbocycles. The molecule has 17 heavy (non-hydrogen) atoms. The lowest BCUT2D eigenvalue weighted by Gasteiger charge is -2.32. The summed E-state index contributed by atoms with van der Waals surface area (Å²) >= 11 is 5.67. The van der Waals surface area contributed by atoms with Gasteiger partial charge >= 0.3 is 0 Å². The fraction of sp³-hybridized carbons (Fsp3) is 0.571. The van der Waals surface area contributed by atoms with Gasteiger partial charge in [-0.25, -0.2) is 4.39 Å². The maximum Gasteiger partial charge on any atom is 0.143 e. The maximum atomic E-state index is 13.3. The summed E-state index contributed by atoms with van der Waals surface area (Å²) in [4.78, 5) is 0. The molecule has 3 heteroatoms. The van der Waals surface area contributed by atoms with Gasteiger partial charge in [-0.1, -0.05) is 25.4 Å². The molecule has 0 spiro atoms. The largest absolute Gasteiger partial charge is 0.382 e. The minimum Gasteiger partial charge on any atom is -0.382 e. The molecule has 0 saturated heterocycles. The molecule has 1 aliphatic rings. The van der Waals surface area contributed by atoms with E-state index in [1.54, 1.807) is 6.07 Å². The first kappa shape index (κ1) is 12.7. The number of hydrogen-bond donors (Lipinski definition) is 1. The zero-order valence-electron chi connectivity index (χ0n) is 10.3. The second-order valence-electron chi connectivity index (χ2n) is 5.39. The van der Waals surface area contributed by atoms with Crippen molar-refractivity contribution in [3.63, 3.8) is 0 Å². The van der Waals surface area contributed by atoms with Crippen molar-refractivity contribution in [2.24, 2.45) is 11.8 Å². The summed E-state index contributed by atoms with van der Waals surface area (Å²) in [5.74, 6) is 1.13. The smallest absolute Gasteiger partial charge is 0.143 e. The van der Waals surface area contributed by atoms with Crippen molar-refractivity contribution in [3.8, 4) is 0 Å². The highest BCUT2D eigenvalue weighted by atomic mass is 35.5. The average Bonchev–Trinajstić information content (AvgIpc) is 2.22. The molecule has 0 aliphatic heterocycles. The topological polar surface area (TPSA) is 12.0 Å². The highest BCUT2D eigenvalue weighted by molar-refractivity contribution is 6.30. The van der Waals surface area contributed by atoms with E-state index in [1.807, 2.05) is 6.07 Å². The van der Waals surface area contributed by atoms with E-state index in [4.69, 9.17) is 11.6 Å². The Hall–Kier alpha value is -0.760. The Morgan fingerprint density at radius 3 is 2.41 bits per heavy atom. The second-order valence-corrected chi connectivity index (χ2v) is 5.79. The van der Waals surface area contributed by atoms with Crippen molar-refractivity contribution in [1.82, 2.24) is 0 Å². The van der Waals surface area contributed by atoms with Gasteiger partial charge in [0.25, 0.3) is 0 Å². The van der Waals surface area contributed by atoms with Crippen LogP contribution in [0.15, 0.2) is 18.2 Å². The third kappa shape index (κ3) is 3.35. The fourth-order valence-corrected chi connectivity index (χ4v) is 3.00. The van der Waals surface area contributed by atoms with Crippen molar-refractivity contribution >= 4 is 17.3 Å². The molecule has 0 radical (unpaired) electrons. The molecule has 94 valence electrons. The molecule has 1 fully saturated rings. The van der Waals surface area contributed by atoms with E-state index in [0.717, 1.165) is 30.4 Å². The minimum absolute atomic E-state index is 0.181. The molecule has 1 N–H and O–H groups in total. The SMILES string of the molecule is CC1CC(C)CC(Nc2ccc(Cl)c(F)c2)C1. The van der Waals surface area contributed by atoms with Gasteiger partial charge in [0.15, 0.2) is 0 Å².